The number of thioether (sulfide) groups is 1. The molecule has 40 heavy (non-hydrogen) atoms. The van der Waals surface area contributed by atoms with Gasteiger partial charge in [-0.15, -0.1) is 0 Å². The van der Waals surface area contributed by atoms with E-state index >= 15 is 0 Å². The Morgan fingerprint density at radius 1 is 1.05 bits per heavy atom. The first-order valence-electron chi connectivity index (χ1n) is 11.3. The van der Waals surface area contributed by atoms with Crippen molar-refractivity contribution in [3.8, 4) is 17.2 Å². The highest BCUT2D eigenvalue weighted by Crippen LogP contribution is 2.43. The largest absolute Gasteiger partial charge is 0.492 e. The summed E-state index contributed by atoms with van der Waals surface area (Å²) in [7, 11) is 0. The highest BCUT2D eigenvalue weighted by molar-refractivity contribution is 9.11. The standard InChI is InChI=1S/C26H17Br2F3N2O6S/c1-14-2-5-17(6-3-14)38-9-8-32-24(34)22(40-25(32)35)12-15-10-18(27)23(19(28)11-15)39-21-7-4-16(26(29,30)31)13-20(21)33(36)37/h2-7,10-13H,8-9H2,1H3/b22-12-. The number of halogens is 5. The number of hydrogen-bond acceptors (Lipinski definition) is 7. The van der Waals surface area contributed by atoms with E-state index in [2.05, 4.69) is 31.9 Å². The molecule has 208 valence electrons. The average Bonchev–Trinajstić information content (AvgIpc) is 3.14. The lowest BCUT2D eigenvalue weighted by atomic mass is 10.1. The van der Waals surface area contributed by atoms with Gasteiger partial charge in [-0.05, 0) is 98.6 Å². The number of nitro benzene ring substituents is 1. The van der Waals surface area contributed by atoms with Crippen molar-refractivity contribution in [1.29, 1.82) is 0 Å². The van der Waals surface area contributed by atoms with E-state index in [0.717, 1.165) is 28.3 Å². The molecular formula is C26H17Br2F3N2O6S. The molecule has 8 nitrogen and oxygen atoms in total. The number of alkyl halides is 3. The maximum Gasteiger partial charge on any atom is 0.416 e. The number of carbonyl (C=O) groups is 2. The zero-order valence-corrected chi connectivity index (χ0v) is 24.3. The summed E-state index contributed by atoms with van der Waals surface area (Å²) < 4.78 is 50.8. The van der Waals surface area contributed by atoms with E-state index in [0.29, 0.717) is 23.4 Å². The number of benzene rings is 3. The van der Waals surface area contributed by atoms with Gasteiger partial charge in [-0.1, -0.05) is 17.7 Å². The summed E-state index contributed by atoms with van der Waals surface area (Å²) in [5.74, 6) is -0.218. The fourth-order valence-electron chi connectivity index (χ4n) is 3.53. The molecule has 0 spiro atoms. The summed E-state index contributed by atoms with van der Waals surface area (Å²) in [6, 6.07) is 12.4. The first-order valence-corrected chi connectivity index (χ1v) is 13.7. The molecule has 1 heterocycles. The van der Waals surface area contributed by atoms with Crippen LogP contribution in [0, 0.1) is 17.0 Å². The highest BCUT2D eigenvalue weighted by Gasteiger charge is 2.35. The van der Waals surface area contributed by atoms with Crippen LogP contribution in [0.15, 0.2) is 68.4 Å². The Balaban J connectivity index is 1.49. The number of carbonyl (C=O) groups excluding carboxylic acids is 2. The zero-order chi connectivity index (χ0) is 29.2. The van der Waals surface area contributed by atoms with Crippen molar-refractivity contribution >= 4 is 66.5 Å². The highest BCUT2D eigenvalue weighted by atomic mass is 79.9. The predicted molar refractivity (Wildman–Crippen MR) is 149 cm³/mol. The van der Waals surface area contributed by atoms with Crippen molar-refractivity contribution in [3.63, 3.8) is 0 Å². The molecule has 2 amide bonds. The van der Waals surface area contributed by atoms with E-state index in [1.807, 2.05) is 19.1 Å². The van der Waals surface area contributed by atoms with Gasteiger partial charge in [0.25, 0.3) is 11.1 Å². The Hall–Kier alpha value is -3.36. The predicted octanol–water partition coefficient (Wildman–Crippen LogP) is 8.35. The number of nitro groups is 1. The van der Waals surface area contributed by atoms with Crippen molar-refractivity contribution < 1.29 is 37.2 Å². The number of nitrogens with zero attached hydrogens (tertiary/aromatic N) is 2. The third-order valence-corrected chi connectivity index (χ3v) is 7.58. The third-order valence-electron chi connectivity index (χ3n) is 5.49. The lowest BCUT2D eigenvalue weighted by Crippen LogP contribution is -2.32. The number of ether oxygens (including phenoxy) is 2. The van der Waals surface area contributed by atoms with Crippen molar-refractivity contribution in [2.24, 2.45) is 0 Å². The van der Waals surface area contributed by atoms with E-state index in [9.17, 15) is 32.9 Å². The van der Waals surface area contributed by atoms with Crippen LogP contribution in [0.2, 0.25) is 0 Å². The lowest BCUT2D eigenvalue weighted by molar-refractivity contribution is -0.385. The Labute approximate surface area is 246 Å². The maximum atomic E-state index is 13.0. The summed E-state index contributed by atoms with van der Waals surface area (Å²) in [4.78, 5) is 37.0. The SMILES string of the molecule is Cc1ccc(OCCN2C(=O)S/C(=C\c3cc(Br)c(Oc4ccc(C(F)(F)F)cc4[N+](=O)[O-])c(Br)c3)C2=O)cc1. The van der Waals surface area contributed by atoms with Gasteiger partial charge in [-0.25, -0.2) is 0 Å². The monoisotopic (exact) mass is 700 g/mol. The summed E-state index contributed by atoms with van der Waals surface area (Å²) in [6.07, 6.45) is -3.27. The van der Waals surface area contributed by atoms with Crippen LogP contribution in [0.1, 0.15) is 16.7 Å². The Bertz CT molecular complexity index is 1510. The first-order chi connectivity index (χ1) is 18.8. The molecule has 0 unspecified atom stereocenters. The van der Waals surface area contributed by atoms with Crippen molar-refractivity contribution in [2.45, 2.75) is 13.1 Å². The minimum absolute atomic E-state index is 0.0568. The van der Waals surface area contributed by atoms with Crippen LogP contribution < -0.4 is 9.47 Å². The molecule has 0 aromatic heterocycles. The second kappa shape index (κ2) is 12.0. The minimum atomic E-state index is -4.76. The summed E-state index contributed by atoms with van der Waals surface area (Å²) >= 11 is 7.35. The third kappa shape index (κ3) is 6.85. The van der Waals surface area contributed by atoms with Gasteiger partial charge in [0.1, 0.15) is 12.4 Å². The molecule has 0 bridgehead atoms. The Morgan fingerprint density at radius 3 is 2.30 bits per heavy atom. The molecule has 1 fully saturated rings. The van der Waals surface area contributed by atoms with Crippen LogP contribution in [0.4, 0.5) is 23.7 Å². The van der Waals surface area contributed by atoms with Gasteiger partial charge in [0.15, 0.2) is 5.75 Å². The first kappa shape index (κ1) is 29.6. The molecule has 4 rings (SSSR count). The molecular weight excluding hydrogens is 685 g/mol. The molecule has 0 N–H and O–H groups in total. The Kier molecular flexibility index (Phi) is 8.90. The normalized spacial score (nSPS) is 14.7. The zero-order valence-electron chi connectivity index (χ0n) is 20.3. The van der Waals surface area contributed by atoms with Gasteiger partial charge >= 0.3 is 11.9 Å². The number of rotatable bonds is 8. The molecule has 0 atom stereocenters. The lowest BCUT2D eigenvalue weighted by Gasteiger charge is -2.13. The molecule has 1 aliphatic rings. The van der Waals surface area contributed by atoms with Crippen LogP contribution >= 0.6 is 43.6 Å². The van der Waals surface area contributed by atoms with Gasteiger partial charge in [0.2, 0.25) is 5.75 Å². The van der Waals surface area contributed by atoms with E-state index in [-0.39, 0.29) is 32.8 Å². The number of aryl methyl sites for hydroxylation is 1. The summed E-state index contributed by atoms with van der Waals surface area (Å²) in [6.45, 7) is 2.12. The molecule has 3 aromatic carbocycles. The smallest absolute Gasteiger partial charge is 0.416 e. The van der Waals surface area contributed by atoms with Gasteiger partial charge in [0, 0.05) is 6.07 Å². The number of imide groups is 1. The second-order valence-electron chi connectivity index (χ2n) is 8.35. The molecule has 3 aromatic rings. The van der Waals surface area contributed by atoms with Crippen LogP contribution in [0.3, 0.4) is 0 Å². The summed E-state index contributed by atoms with van der Waals surface area (Å²) in [5.41, 5.74) is -0.495. The quantitative estimate of drug-likeness (QED) is 0.132. The van der Waals surface area contributed by atoms with Gasteiger partial charge in [-0.2, -0.15) is 13.2 Å². The van der Waals surface area contributed by atoms with Gasteiger partial charge in [-0.3, -0.25) is 24.6 Å². The number of amides is 2. The topological polar surface area (TPSA) is 99.0 Å². The van der Waals surface area contributed by atoms with Crippen molar-refractivity contribution in [2.75, 3.05) is 13.2 Å². The van der Waals surface area contributed by atoms with Crippen LogP contribution in [0.5, 0.6) is 17.2 Å². The van der Waals surface area contributed by atoms with Gasteiger partial charge in [0.05, 0.1) is 30.9 Å². The molecule has 1 aliphatic heterocycles. The summed E-state index contributed by atoms with van der Waals surface area (Å²) in [5, 5.41) is 10.9. The van der Waals surface area contributed by atoms with E-state index in [4.69, 9.17) is 9.47 Å². The van der Waals surface area contributed by atoms with Crippen molar-refractivity contribution in [1.82, 2.24) is 4.90 Å². The fourth-order valence-corrected chi connectivity index (χ4v) is 5.78. The van der Waals surface area contributed by atoms with E-state index in [1.165, 1.54) is 18.2 Å². The molecule has 0 radical (unpaired) electrons. The van der Waals surface area contributed by atoms with Crippen LogP contribution in [-0.2, 0) is 11.0 Å². The van der Waals surface area contributed by atoms with E-state index < -0.39 is 39.2 Å². The Morgan fingerprint density at radius 2 is 1.70 bits per heavy atom. The maximum absolute atomic E-state index is 13.0. The minimum Gasteiger partial charge on any atom is -0.492 e. The molecule has 0 saturated carbocycles. The second-order valence-corrected chi connectivity index (χ2v) is 11.0. The fraction of sp³-hybridized carbons (Fsp3) is 0.154. The molecule has 14 heteroatoms. The van der Waals surface area contributed by atoms with Crippen LogP contribution in [-0.4, -0.2) is 34.1 Å². The van der Waals surface area contributed by atoms with Gasteiger partial charge < -0.3 is 9.47 Å². The number of hydrogen-bond donors (Lipinski definition) is 0. The van der Waals surface area contributed by atoms with Crippen molar-refractivity contribution in [3.05, 3.63) is 95.3 Å². The molecule has 1 saturated heterocycles. The van der Waals surface area contributed by atoms with E-state index in [1.54, 1.807) is 12.1 Å². The van der Waals surface area contributed by atoms with Crippen LogP contribution in [0.25, 0.3) is 6.08 Å². The molecule has 0 aliphatic carbocycles. The average molecular weight is 702 g/mol.